The normalized spacial score (nSPS) is 22.3. The Balaban J connectivity index is 1.33. The average Bonchev–Trinajstić information content (AvgIpc) is 3.47. The predicted octanol–water partition coefficient (Wildman–Crippen LogP) is 6.27. The van der Waals surface area contributed by atoms with Crippen LogP contribution in [0.4, 0.5) is 17.6 Å². The number of carbonyl (C=O) groups is 1. The van der Waals surface area contributed by atoms with Crippen LogP contribution in [-0.2, 0) is 23.5 Å². The molecule has 1 unspecified atom stereocenters. The van der Waals surface area contributed by atoms with E-state index in [4.69, 9.17) is 28.0 Å². The molecule has 0 spiro atoms. The SMILES string of the molecule is O=C(NC1CCSCC1)c1ccc2c(c1)CN(C1=NOC(c3cc(Cl)c(F)c(Cl)c3)(C(F)(F)F)C1)C2. The van der Waals surface area contributed by atoms with E-state index in [0.29, 0.717) is 12.1 Å². The second-order valence-corrected chi connectivity index (χ2v) is 11.1. The monoisotopic (exact) mass is 561 g/mol. The Labute approximate surface area is 219 Å². The number of benzene rings is 2. The lowest BCUT2D eigenvalue weighted by Crippen LogP contribution is -2.44. The summed E-state index contributed by atoms with van der Waals surface area (Å²) in [5.74, 6) is 0.964. The molecular formula is C24H21Cl2F4N3O2S. The molecule has 2 aromatic carbocycles. The van der Waals surface area contributed by atoms with Gasteiger partial charge in [-0.3, -0.25) is 4.79 Å². The highest BCUT2D eigenvalue weighted by Gasteiger charge is 2.63. The van der Waals surface area contributed by atoms with Crippen molar-refractivity contribution in [3.63, 3.8) is 0 Å². The van der Waals surface area contributed by atoms with Gasteiger partial charge in [-0.2, -0.15) is 24.9 Å². The number of nitrogens with one attached hydrogen (secondary N) is 1. The quantitative estimate of drug-likeness (QED) is 0.354. The van der Waals surface area contributed by atoms with Gasteiger partial charge in [0.1, 0.15) is 5.84 Å². The lowest BCUT2D eigenvalue weighted by Gasteiger charge is -2.30. The number of alkyl halides is 3. The van der Waals surface area contributed by atoms with E-state index in [9.17, 15) is 22.4 Å². The molecule has 3 aliphatic heterocycles. The second-order valence-electron chi connectivity index (χ2n) is 9.05. The summed E-state index contributed by atoms with van der Waals surface area (Å²) in [5.41, 5.74) is -1.04. The Hall–Kier alpha value is -2.17. The van der Waals surface area contributed by atoms with Crippen LogP contribution in [0.15, 0.2) is 35.5 Å². The fourth-order valence-corrected chi connectivity index (χ4v) is 6.27. The molecule has 3 heterocycles. The number of carbonyl (C=O) groups excluding carboxylic acids is 1. The van der Waals surface area contributed by atoms with Crippen molar-refractivity contribution in [2.24, 2.45) is 5.16 Å². The highest BCUT2D eigenvalue weighted by molar-refractivity contribution is 7.99. The van der Waals surface area contributed by atoms with Crippen LogP contribution >= 0.6 is 35.0 Å². The van der Waals surface area contributed by atoms with E-state index in [1.807, 2.05) is 17.8 Å². The van der Waals surface area contributed by atoms with Crippen molar-refractivity contribution >= 4 is 46.7 Å². The van der Waals surface area contributed by atoms with Crippen LogP contribution in [0.1, 0.15) is 46.3 Å². The number of nitrogens with zero attached hydrogens (tertiary/aromatic N) is 2. The molecule has 1 saturated heterocycles. The number of hydrogen-bond acceptors (Lipinski definition) is 5. The van der Waals surface area contributed by atoms with Crippen LogP contribution in [0, 0.1) is 5.82 Å². The molecule has 12 heteroatoms. The van der Waals surface area contributed by atoms with Crippen LogP contribution in [-0.4, -0.2) is 40.4 Å². The average molecular weight is 562 g/mol. The van der Waals surface area contributed by atoms with Gasteiger partial charge in [0.25, 0.3) is 11.5 Å². The Morgan fingerprint density at radius 1 is 1.11 bits per heavy atom. The van der Waals surface area contributed by atoms with Crippen molar-refractivity contribution in [1.82, 2.24) is 10.2 Å². The van der Waals surface area contributed by atoms with Gasteiger partial charge in [-0.1, -0.05) is 34.4 Å². The van der Waals surface area contributed by atoms with Crippen molar-refractivity contribution in [3.05, 3.63) is 68.4 Å². The van der Waals surface area contributed by atoms with Gasteiger partial charge in [0.05, 0.1) is 16.5 Å². The fourth-order valence-electron chi connectivity index (χ4n) is 4.68. The molecule has 0 radical (unpaired) electrons. The minimum Gasteiger partial charge on any atom is -0.372 e. The lowest BCUT2D eigenvalue weighted by atomic mass is 9.89. The van der Waals surface area contributed by atoms with E-state index >= 15 is 0 Å². The number of oxime groups is 1. The maximum atomic E-state index is 14.3. The van der Waals surface area contributed by atoms with E-state index in [0.717, 1.165) is 47.6 Å². The molecule has 1 N–H and O–H groups in total. The van der Waals surface area contributed by atoms with Gasteiger partial charge in [-0.05, 0) is 59.7 Å². The molecule has 2 aromatic rings. The van der Waals surface area contributed by atoms with Gasteiger partial charge >= 0.3 is 6.18 Å². The summed E-state index contributed by atoms with van der Waals surface area (Å²) in [5, 5.41) is 5.77. The van der Waals surface area contributed by atoms with Crippen molar-refractivity contribution in [2.45, 2.75) is 50.2 Å². The zero-order chi connectivity index (χ0) is 25.7. The van der Waals surface area contributed by atoms with Crippen LogP contribution in [0.3, 0.4) is 0 Å². The predicted molar refractivity (Wildman–Crippen MR) is 131 cm³/mol. The van der Waals surface area contributed by atoms with E-state index < -0.39 is 39.6 Å². The molecule has 3 aliphatic rings. The molecule has 0 bridgehead atoms. The summed E-state index contributed by atoms with van der Waals surface area (Å²) in [4.78, 5) is 19.4. The highest BCUT2D eigenvalue weighted by atomic mass is 35.5. The third-order valence-corrected chi connectivity index (χ3v) is 8.33. The largest absolute Gasteiger partial charge is 0.435 e. The standard InChI is InChI=1S/C24H21Cl2F4N3O2S/c25-18-8-16(9-19(26)21(18)27)23(24(28,29)30)10-20(32-35-23)33-11-14-2-1-13(7-15(14)12-33)22(34)31-17-3-5-36-6-4-17/h1-2,7-9,17H,3-6,10-12H2,(H,31,34). The summed E-state index contributed by atoms with van der Waals surface area (Å²) in [6, 6.07) is 7.19. The minimum atomic E-state index is -4.88. The molecule has 192 valence electrons. The smallest absolute Gasteiger partial charge is 0.372 e. The van der Waals surface area contributed by atoms with E-state index in [-0.39, 0.29) is 24.3 Å². The molecule has 1 atom stereocenters. The molecule has 36 heavy (non-hydrogen) atoms. The van der Waals surface area contributed by atoms with Crippen molar-refractivity contribution in [1.29, 1.82) is 0 Å². The minimum absolute atomic E-state index is 0.0887. The van der Waals surface area contributed by atoms with E-state index in [1.165, 1.54) is 0 Å². The molecule has 0 saturated carbocycles. The number of thioether (sulfide) groups is 1. The Bertz CT molecular complexity index is 1210. The molecular weight excluding hydrogens is 541 g/mol. The van der Waals surface area contributed by atoms with Crippen LogP contribution in [0.5, 0.6) is 0 Å². The fraction of sp³-hybridized carbons (Fsp3) is 0.417. The zero-order valence-electron chi connectivity index (χ0n) is 18.8. The van der Waals surface area contributed by atoms with Crippen LogP contribution in [0.25, 0.3) is 0 Å². The maximum absolute atomic E-state index is 14.3. The number of halogens is 6. The Morgan fingerprint density at radius 2 is 1.78 bits per heavy atom. The van der Waals surface area contributed by atoms with Gasteiger partial charge < -0.3 is 15.1 Å². The third-order valence-electron chi connectivity index (χ3n) is 6.73. The van der Waals surface area contributed by atoms with Gasteiger partial charge in [-0.25, -0.2) is 4.39 Å². The Kier molecular flexibility index (Phi) is 6.80. The van der Waals surface area contributed by atoms with Crippen molar-refractivity contribution < 1.29 is 27.2 Å². The first-order chi connectivity index (χ1) is 17.1. The third kappa shape index (κ3) is 4.63. The van der Waals surface area contributed by atoms with Gasteiger partial charge in [0.15, 0.2) is 5.82 Å². The lowest BCUT2D eigenvalue weighted by molar-refractivity contribution is -0.275. The van der Waals surface area contributed by atoms with E-state index in [2.05, 4.69) is 10.5 Å². The summed E-state index contributed by atoms with van der Waals surface area (Å²) in [7, 11) is 0. The summed E-state index contributed by atoms with van der Waals surface area (Å²) < 4.78 is 56.7. The first-order valence-corrected chi connectivity index (χ1v) is 13.2. The molecule has 0 aliphatic carbocycles. The van der Waals surface area contributed by atoms with Crippen molar-refractivity contribution in [2.75, 3.05) is 11.5 Å². The first-order valence-electron chi connectivity index (χ1n) is 11.3. The topological polar surface area (TPSA) is 53.9 Å². The molecule has 5 rings (SSSR count). The van der Waals surface area contributed by atoms with Crippen LogP contribution < -0.4 is 5.32 Å². The van der Waals surface area contributed by atoms with Crippen LogP contribution in [0.2, 0.25) is 10.0 Å². The molecule has 1 fully saturated rings. The number of hydrogen-bond donors (Lipinski definition) is 1. The number of fused-ring (bicyclic) bond motifs is 1. The number of amides is 1. The van der Waals surface area contributed by atoms with Gasteiger partial charge in [-0.15, -0.1) is 0 Å². The summed E-state index contributed by atoms with van der Waals surface area (Å²) >= 11 is 13.4. The second kappa shape index (κ2) is 9.61. The first kappa shape index (κ1) is 25.5. The highest BCUT2D eigenvalue weighted by Crippen LogP contribution is 2.50. The summed E-state index contributed by atoms with van der Waals surface area (Å²) in [6.07, 6.45) is -3.64. The summed E-state index contributed by atoms with van der Waals surface area (Å²) in [6.45, 7) is 0.593. The zero-order valence-corrected chi connectivity index (χ0v) is 21.1. The number of amidine groups is 1. The molecule has 1 amide bonds. The Morgan fingerprint density at radius 3 is 2.44 bits per heavy atom. The van der Waals surface area contributed by atoms with E-state index in [1.54, 1.807) is 17.0 Å². The number of rotatable bonds is 3. The van der Waals surface area contributed by atoms with Gasteiger partial charge in [0, 0.05) is 30.3 Å². The van der Waals surface area contributed by atoms with Gasteiger partial charge in [0.2, 0.25) is 0 Å². The maximum Gasteiger partial charge on any atom is 0.435 e. The van der Waals surface area contributed by atoms with Crippen molar-refractivity contribution in [3.8, 4) is 0 Å². The molecule has 0 aromatic heterocycles. The molecule has 5 nitrogen and oxygen atoms in total.